The number of hydrogen-bond donors (Lipinski definition) is 2. The van der Waals surface area contributed by atoms with Crippen molar-refractivity contribution >= 4 is 23.5 Å². The van der Waals surface area contributed by atoms with Crippen LogP contribution in [0.1, 0.15) is 6.92 Å². The zero-order valence-corrected chi connectivity index (χ0v) is 28.0. The van der Waals surface area contributed by atoms with Gasteiger partial charge >= 0.3 is 15.3 Å². The van der Waals surface area contributed by atoms with Crippen LogP contribution in [0.3, 0.4) is 0 Å². The molecule has 8 atom stereocenters. The maximum Gasteiger partial charge on any atom is 0.345 e. The summed E-state index contributed by atoms with van der Waals surface area (Å²) in [5, 5.41) is 12.8. The molecule has 3 aliphatic rings. The molecule has 19 heteroatoms. The van der Waals surface area contributed by atoms with Crippen LogP contribution in [0.25, 0.3) is 0 Å². The average Bonchev–Trinajstić information content (AvgIpc) is 2.92. The molecular weight excluding hydrogens is 601 g/mol. The molecule has 0 amide bonds. The predicted octanol–water partition coefficient (Wildman–Crippen LogP) is 0.424. The zero-order valence-electron chi connectivity index (χ0n) is 25.2. The van der Waals surface area contributed by atoms with Crippen molar-refractivity contribution in [1.82, 2.24) is 28.7 Å². The van der Waals surface area contributed by atoms with Gasteiger partial charge in [0.15, 0.2) is 6.29 Å². The molecule has 0 bridgehead atoms. The van der Waals surface area contributed by atoms with Gasteiger partial charge in [-0.3, -0.25) is 13.7 Å². The summed E-state index contributed by atoms with van der Waals surface area (Å²) >= 11 is 0. The van der Waals surface area contributed by atoms with E-state index in [2.05, 4.69) is 5.32 Å². The second-order valence-corrected chi connectivity index (χ2v) is 17.9. The Morgan fingerprint density at radius 3 is 2.10 bits per heavy atom. The van der Waals surface area contributed by atoms with Crippen molar-refractivity contribution in [3.8, 4) is 0 Å². The van der Waals surface area contributed by atoms with E-state index < -0.39 is 48.1 Å². The molecule has 3 heterocycles. The lowest BCUT2D eigenvalue weighted by Crippen LogP contribution is -2.49. The number of nitrogens with one attached hydrogen (secondary N) is 1. The maximum absolute atomic E-state index is 14.2. The molecule has 0 saturated carbocycles. The lowest BCUT2D eigenvalue weighted by molar-refractivity contribution is -0.160. The van der Waals surface area contributed by atoms with E-state index in [9.17, 15) is 18.8 Å². The molecule has 3 saturated heterocycles. The Labute approximate surface area is 244 Å². The summed E-state index contributed by atoms with van der Waals surface area (Å²) in [6.07, 6.45) is -2.56. The lowest BCUT2D eigenvalue weighted by atomic mass is 10.2. The van der Waals surface area contributed by atoms with Gasteiger partial charge in [0.25, 0.3) is 8.18 Å². The fourth-order valence-electron chi connectivity index (χ4n) is 4.69. The number of nitrogens with zero attached hydrogens (tertiary/aromatic N) is 5. The fraction of sp³-hybridized carbons (Fsp3) is 1.00. The zero-order chi connectivity index (χ0) is 30.4. The van der Waals surface area contributed by atoms with Gasteiger partial charge in [-0.1, -0.05) is 0 Å². The second kappa shape index (κ2) is 15.9. The van der Waals surface area contributed by atoms with E-state index in [0.717, 1.165) is 0 Å². The molecule has 0 aliphatic carbocycles. The standard InChI is InChI=1S/C22H49N6O10P3/c1-18-12-28(14-21(37-18)15-34-39(30)24(2)3)41(32,26(6)7)36-17-20-13-27(8-9-33-20)40(31,25(4)5)35-16-19-10-23-11-22(29)38-19/h18-23,29,39H,8-17H2,1-7H3/t18-,19-,20-,21-,22+,40?,41?/m0/s1. The van der Waals surface area contributed by atoms with Crippen molar-refractivity contribution in [2.75, 3.05) is 108 Å². The summed E-state index contributed by atoms with van der Waals surface area (Å²) < 4.78 is 83.3. The van der Waals surface area contributed by atoms with Crippen molar-refractivity contribution in [3.63, 3.8) is 0 Å². The average molecular weight is 651 g/mol. The molecule has 2 N–H and O–H groups in total. The van der Waals surface area contributed by atoms with E-state index in [4.69, 9.17) is 27.8 Å². The van der Waals surface area contributed by atoms with E-state index in [1.54, 1.807) is 61.0 Å². The van der Waals surface area contributed by atoms with Crippen molar-refractivity contribution < 1.29 is 46.6 Å². The van der Waals surface area contributed by atoms with E-state index in [1.807, 2.05) is 6.92 Å². The molecule has 0 radical (unpaired) electrons. The van der Waals surface area contributed by atoms with Crippen molar-refractivity contribution in [1.29, 1.82) is 0 Å². The van der Waals surface area contributed by atoms with Gasteiger partial charge in [-0.15, -0.1) is 0 Å². The molecule has 3 rings (SSSR count). The Hall–Kier alpha value is 0.170. The van der Waals surface area contributed by atoms with Crippen LogP contribution >= 0.6 is 23.5 Å². The number of hydrogen-bond acceptors (Lipinski definition) is 11. The molecule has 3 aliphatic heterocycles. The van der Waals surface area contributed by atoms with Gasteiger partial charge in [-0.25, -0.2) is 23.4 Å². The summed E-state index contributed by atoms with van der Waals surface area (Å²) in [5.41, 5.74) is 0. The fourth-order valence-corrected chi connectivity index (χ4v) is 9.35. The van der Waals surface area contributed by atoms with Gasteiger partial charge in [0.1, 0.15) is 0 Å². The Bertz CT molecular complexity index is 950. The molecule has 16 nitrogen and oxygen atoms in total. The summed E-state index contributed by atoms with van der Waals surface area (Å²) in [7, 11) is 0.818. The minimum absolute atomic E-state index is 0.00245. The van der Waals surface area contributed by atoms with Crippen LogP contribution < -0.4 is 5.32 Å². The van der Waals surface area contributed by atoms with Gasteiger partial charge in [-0.05, 0) is 49.2 Å². The summed E-state index contributed by atoms with van der Waals surface area (Å²) in [6, 6.07) is 0. The summed E-state index contributed by atoms with van der Waals surface area (Å²) in [6.45, 7) is 4.40. The third-order valence-electron chi connectivity index (χ3n) is 6.81. The number of rotatable bonds is 14. The van der Waals surface area contributed by atoms with Crippen LogP contribution in [0, 0.1) is 0 Å². The normalized spacial score (nSPS) is 32.7. The molecule has 242 valence electrons. The summed E-state index contributed by atoms with van der Waals surface area (Å²) in [5.74, 6) is 0. The molecule has 3 fully saturated rings. The van der Waals surface area contributed by atoms with Crippen molar-refractivity contribution in [2.45, 2.75) is 37.6 Å². The number of morpholine rings is 3. The highest BCUT2D eigenvalue weighted by molar-refractivity contribution is 7.54. The maximum atomic E-state index is 14.2. The van der Waals surface area contributed by atoms with Gasteiger partial charge in [-0.2, -0.15) is 0 Å². The molecule has 0 aromatic heterocycles. The second-order valence-electron chi connectivity index (χ2n) is 11.0. The summed E-state index contributed by atoms with van der Waals surface area (Å²) in [4.78, 5) is 0. The van der Waals surface area contributed by atoms with Crippen molar-refractivity contribution in [2.24, 2.45) is 0 Å². The number of ether oxygens (including phenoxy) is 3. The third-order valence-corrected chi connectivity index (χ3v) is 13.1. The molecular formula is C22H49N6O10P3. The molecule has 0 spiro atoms. The first-order chi connectivity index (χ1) is 19.2. The smallest absolute Gasteiger partial charge is 0.345 e. The quantitative estimate of drug-likeness (QED) is 0.249. The molecule has 0 aromatic carbocycles. The first kappa shape index (κ1) is 35.6. The Morgan fingerprint density at radius 2 is 1.49 bits per heavy atom. The SMILES string of the molecule is C[C@H]1CN(P(=O)(OC[C@@H]2CN(P(=O)(OC[C@@H]3CNC[C@H](O)O3)N(C)C)CCO2)N(C)C)C[C@@H](CO[PH](=O)N(C)C)O1. The van der Waals surface area contributed by atoms with Crippen LogP contribution in [0.4, 0.5) is 0 Å². The highest BCUT2D eigenvalue weighted by Gasteiger charge is 2.43. The minimum atomic E-state index is -3.50. The van der Waals surface area contributed by atoms with Crippen LogP contribution in [-0.2, 0) is 41.5 Å². The largest absolute Gasteiger partial charge is 0.373 e. The van der Waals surface area contributed by atoms with Crippen LogP contribution in [0.2, 0.25) is 0 Å². The number of β-amino-alcohol motifs (C(OH)–C–C–N with tert-alkyl or cyclic N) is 1. The van der Waals surface area contributed by atoms with Crippen molar-refractivity contribution in [3.05, 3.63) is 0 Å². The molecule has 0 aromatic rings. The van der Waals surface area contributed by atoms with Crippen LogP contribution in [0.15, 0.2) is 0 Å². The van der Waals surface area contributed by atoms with Gasteiger partial charge in [0.2, 0.25) is 0 Å². The molecule has 41 heavy (non-hydrogen) atoms. The van der Waals surface area contributed by atoms with Crippen LogP contribution in [-0.4, -0.2) is 167 Å². The highest BCUT2D eigenvalue weighted by Crippen LogP contribution is 2.55. The predicted molar refractivity (Wildman–Crippen MR) is 154 cm³/mol. The highest BCUT2D eigenvalue weighted by atomic mass is 31.2. The first-order valence-corrected chi connectivity index (χ1v) is 18.1. The Balaban J connectivity index is 1.62. The first-order valence-electron chi connectivity index (χ1n) is 13.8. The minimum Gasteiger partial charge on any atom is -0.373 e. The monoisotopic (exact) mass is 650 g/mol. The van der Waals surface area contributed by atoms with Crippen LogP contribution in [0.5, 0.6) is 0 Å². The topological polar surface area (TPSA) is 155 Å². The van der Waals surface area contributed by atoms with Gasteiger partial charge < -0.3 is 38.2 Å². The molecule has 3 unspecified atom stereocenters. The number of aliphatic hydroxyl groups is 1. The Morgan fingerprint density at radius 1 is 0.878 bits per heavy atom. The lowest BCUT2D eigenvalue weighted by Gasteiger charge is -2.43. The Kier molecular flexibility index (Phi) is 13.9. The van der Waals surface area contributed by atoms with E-state index >= 15 is 0 Å². The third kappa shape index (κ3) is 9.83. The van der Waals surface area contributed by atoms with E-state index in [1.165, 1.54) is 4.67 Å². The van der Waals surface area contributed by atoms with Gasteiger partial charge in [0.05, 0.1) is 50.8 Å². The van der Waals surface area contributed by atoms with E-state index in [0.29, 0.717) is 32.8 Å². The van der Waals surface area contributed by atoms with E-state index in [-0.39, 0.29) is 39.0 Å². The van der Waals surface area contributed by atoms with Gasteiger partial charge in [0, 0.05) is 39.3 Å². The number of aliphatic hydroxyl groups excluding tert-OH is 1.